The highest BCUT2D eigenvalue weighted by Gasteiger charge is 2.05. The molecule has 0 bridgehead atoms. The highest BCUT2D eigenvalue weighted by atomic mass is 32.1. The Balaban J connectivity index is 1.62. The van der Waals surface area contributed by atoms with Gasteiger partial charge in [0, 0.05) is 20.5 Å². The fourth-order valence-corrected chi connectivity index (χ4v) is 4.36. The molecule has 118 valence electrons. The third-order valence-electron chi connectivity index (χ3n) is 3.55. The molecule has 0 aliphatic heterocycles. The van der Waals surface area contributed by atoms with Crippen molar-refractivity contribution in [3.63, 3.8) is 0 Å². The van der Waals surface area contributed by atoms with Crippen LogP contribution in [0.2, 0.25) is 0 Å². The number of rotatable bonds is 6. The van der Waals surface area contributed by atoms with E-state index in [1.807, 2.05) is 24.3 Å². The molecule has 0 saturated heterocycles. The molecule has 3 aromatic rings. The largest absolute Gasteiger partial charge is 0.463 e. The molecule has 3 rings (SSSR count). The number of hydrogen-bond acceptors (Lipinski definition) is 4. The highest BCUT2D eigenvalue weighted by molar-refractivity contribution is 7.17. The molecular formula is C19H18O2S2. The second-order valence-electron chi connectivity index (χ2n) is 5.15. The zero-order chi connectivity index (χ0) is 16.1. The first-order valence-electron chi connectivity index (χ1n) is 7.65. The average Bonchev–Trinajstić information content (AvgIpc) is 3.18. The monoisotopic (exact) mass is 342 g/mol. The van der Waals surface area contributed by atoms with Crippen LogP contribution in [0.1, 0.15) is 22.2 Å². The summed E-state index contributed by atoms with van der Waals surface area (Å²) in [6, 6.07) is 12.8. The molecule has 1 aromatic carbocycles. The predicted octanol–water partition coefficient (Wildman–Crippen LogP) is 5.32. The topological polar surface area (TPSA) is 26.3 Å². The van der Waals surface area contributed by atoms with Gasteiger partial charge in [0.2, 0.25) is 0 Å². The third-order valence-corrected chi connectivity index (χ3v) is 5.68. The van der Waals surface area contributed by atoms with E-state index in [-0.39, 0.29) is 5.97 Å². The quantitative estimate of drug-likeness (QED) is 0.447. The summed E-state index contributed by atoms with van der Waals surface area (Å²) in [4.78, 5) is 13.7. The summed E-state index contributed by atoms with van der Waals surface area (Å²) in [7, 11) is 0. The molecular weight excluding hydrogens is 324 g/mol. The van der Waals surface area contributed by atoms with E-state index in [0.29, 0.717) is 6.61 Å². The van der Waals surface area contributed by atoms with Crippen LogP contribution in [0.25, 0.3) is 16.2 Å². The predicted molar refractivity (Wildman–Crippen MR) is 99.2 cm³/mol. The van der Waals surface area contributed by atoms with Gasteiger partial charge in [-0.15, -0.1) is 22.7 Å². The van der Waals surface area contributed by atoms with Crippen molar-refractivity contribution >= 4 is 44.8 Å². The first kappa shape index (κ1) is 16.0. The Morgan fingerprint density at radius 3 is 2.91 bits per heavy atom. The Kier molecular flexibility index (Phi) is 5.26. The van der Waals surface area contributed by atoms with Gasteiger partial charge >= 0.3 is 5.97 Å². The molecule has 2 heterocycles. The lowest BCUT2D eigenvalue weighted by Gasteiger charge is -1.98. The number of aryl methyl sites for hydroxylation is 2. The van der Waals surface area contributed by atoms with Crippen molar-refractivity contribution in [2.24, 2.45) is 0 Å². The van der Waals surface area contributed by atoms with E-state index in [9.17, 15) is 4.79 Å². The fourth-order valence-electron chi connectivity index (χ4n) is 2.44. The van der Waals surface area contributed by atoms with E-state index in [2.05, 4.69) is 41.8 Å². The minimum atomic E-state index is -0.285. The van der Waals surface area contributed by atoms with Crippen molar-refractivity contribution in [1.82, 2.24) is 0 Å². The van der Waals surface area contributed by atoms with Crippen molar-refractivity contribution in [1.29, 1.82) is 0 Å². The summed E-state index contributed by atoms with van der Waals surface area (Å²) in [5.74, 6) is -0.285. The Morgan fingerprint density at radius 2 is 2.04 bits per heavy atom. The lowest BCUT2D eigenvalue weighted by molar-refractivity contribution is -0.137. The van der Waals surface area contributed by atoms with Crippen molar-refractivity contribution in [3.8, 4) is 0 Å². The molecule has 2 nitrogen and oxygen atoms in total. The maximum Gasteiger partial charge on any atom is 0.330 e. The van der Waals surface area contributed by atoms with Crippen LogP contribution >= 0.6 is 22.7 Å². The second kappa shape index (κ2) is 7.57. The van der Waals surface area contributed by atoms with E-state index in [1.54, 1.807) is 11.3 Å². The maximum atomic E-state index is 11.3. The van der Waals surface area contributed by atoms with E-state index in [0.717, 1.165) is 17.7 Å². The third kappa shape index (κ3) is 4.09. The van der Waals surface area contributed by atoms with Crippen LogP contribution in [0, 0.1) is 0 Å². The lowest BCUT2D eigenvalue weighted by Crippen LogP contribution is -1.98. The van der Waals surface area contributed by atoms with Crippen LogP contribution in [0.3, 0.4) is 0 Å². The minimum Gasteiger partial charge on any atom is -0.463 e. The molecule has 4 heteroatoms. The number of hydrogen-bond donors (Lipinski definition) is 0. The summed E-state index contributed by atoms with van der Waals surface area (Å²) in [5, 5.41) is 3.64. The van der Waals surface area contributed by atoms with E-state index in [1.165, 1.54) is 26.6 Å². The molecule has 0 unspecified atom stereocenters. The number of ether oxygens (including phenoxy) is 1. The normalized spacial score (nSPS) is 11.3. The molecule has 0 radical (unpaired) electrons. The van der Waals surface area contributed by atoms with Crippen LogP contribution in [-0.2, 0) is 22.4 Å². The molecule has 0 spiro atoms. The molecule has 0 atom stereocenters. The molecule has 23 heavy (non-hydrogen) atoms. The first-order chi connectivity index (χ1) is 11.3. The van der Waals surface area contributed by atoms with E-state index in [4.69, 9.17) is 4.74 Å². The number of carbonyl (C=O) groups is 1. The molecule has 0 aliphatic carbocycles. The van der Waals surface area contributed by atoms with Crippen molar-refractivity contribution < 1.29 is 9.53 Å². The van der Waals surface area contributed by atoms with Gasteiger partial charge in [0.05, 0.1) is 6.61 Å². The number of fused-ring (bicyclic) bond motifs is 1. The Hall–Kier alpha value is -1.91. The van der Waals surface area contributed by atoms with Crippen LogP contribution in [0.4, 0.5) is 0 Å². The molecule has 0 saturated carbocycles. The summed E-state index contributed by atoms with van der Waals surface area (Å²) in [6.45, 7) is 2.22. The van der Waals surface area contributed by atoms with Crippen molar-refractivity contribution in [2.45, 2.75) is 19.8 Å². The Morgan fingerprint density at radius 1 is 1.17 bits per heavy atom. The smallest absolute Gasteiger partial charge is 0.330 e. The standard InChI is InChI=1S/C19H18O2S2/c1-2-21-19(20)12-11-16-10-9-15(23-16)8-7-14-13-22-18-6-4-3-5-17(14)18/h3-6,9-13H,2,7-8H2,1H3. The summed E-state index contributed by atoms with van der Waals surface area (Å²) >= 11 is 3.54. The SMILES string of the molecule is CCOC(=O)C=Cc1ccc(CCc2csc3ccccc23)s1. The van der Waals surface area contributed by atoms with Crippen molar-refractivity contribution in [3.05, 3.63) is 63.2 Å². The van der Waals surface area contributed by atoms with Gasteiger partial charge in [-0.3, -0.25) is 0 Å². The highest BCUT2D eigenvalue weighted by Crippen LogP contribution is 2.27. The molecule has 2 aromatic heterocycles. The lowest BCUT2D eigenvalue weighted by atomic mass is 10.1. The van der Waals surface area contributed by atoms with Crippen molar-refractivity contribution in [2.75, 3.05) is 6.61 Å². The van der Waals surface area contributed by atoms with Crippen LogP contribution < -0.4 is 0 Å². The zero-order valence-corrected chi connectivity index (χ0v) is 14.6. The van der Waals surface area contributed by atoms with Crippen LogP contribution in [0.5, 0.6) is 0 Å². The zero-order valence-electron chi connectivity index (χ0n) is 13.0. The number of benzene rings is 1. The molecule has 0 amide bonds. The van der Waals surface area contributed by atoms with Crippen LogP contribution in [0.15, 0.2) is 47.9 Å². The fraction of sp³-hybridized carbons (Fsp3) is 0.211. The number of carbonyl (C=O) groups excluding carboxylic acids is 1. The van der Waals surface area contributed by atoms with Gasteiger partial charge in [-0.2, -0.15) is 0 Å². The summed E-state index contributed by atoms with van der Waals surface area (Å²) in [6.07, 6.45) is 5.39. The first-order valence-corrected chi connectivity index (χ1v) is 9.34. The Labute approximate surface area is 144 Å². The van der Waals surface area contributed by atoms with Gasteiger partial charge in [-0.25, -0.2) is 4.79 Å². The van der Waals surface area contributed by atoms with Gasteiger partial charge < -0.3 is 4.74 Å². The molecule has 0 fully saturated rings. The van der Waals surface area contributed by atoms with E-state index < -0.39 is 0 Å². The van der Waals surface area contributed by atoms with Gasteiger partial charge in [-0.1, -0.05) is 18.2 Å². The van der Waals surface area contributed by atoms with E-state index >= 15 is 0 Å². The number of thiophene rings is 2. The minimum absolute atomic E-state index is 0.285. The van der Waals surface area contributed by atoms with Gasteiger partial charge in [0.1, 0.15) is 0 Å². The molecule has 0 N–H and O–H groups in total. The summed E-state index contributed by atoms with van der Waals surface area (Å²) < 4.78 is 6.24. The average molecular weight is 342 g/mol. The number of esters is 1. The molecule has 0 aliphatic rings. The van der Waals surface area contributed by atoms with Gasteiger partial charge in [0.15, 0.2) is 0 Å². The van der Waals surface area contributed by atoms with Crippen LogP contribution in [-0.4, -0.2) is 12.6 Å². The van der Waals surface area contributed by atoms with Gasteiger partial charge in [0.25, 0.3) is 0 Å². The maximum absolute atomic E-state index is 11.3. The second-order valence-corrected chi connectivity index (χ2v) is 7.26. The summed E-state index contributed by atoms with van der Waals surface area (Å²) in [5.41, 5.74) is 1.42. The van der Waals surface area contributed by atoms with Gasteiger partial charge in [-0.05, 0) is 60.4 Å². The Bertz CT molecular complexity index is 827.